The van der Waals surface area contributed by atoms with Crippen LogP contribution >= 0.6 is 23.2 Å². The summed E-state index contributed by atoms with van der Waals surface area (Å²) < 4.78 is 10.6. The Morgan fingerprint density at radius 1 is 1.14 bits per heavy atom. The molecule has 0 saturated carbocycles. The van der Waals surface area contributed by atoms with E-state index in [2.05, 4.69) is 10.6 Å². The van der Waals surface area contributed by atoms with Crippen LogP contribution in [0.1, 0.15) is 29.5 Å². The summed E-state index contributed by atoms with van der Waals surface area (Å²) in [7, 11) is 1.44. The minimum atomic E-state index is -0.968. The number of carbonyl (C=O) groups is 3. The van der Waals surface area contributed by atoms with Crippen molar-refractivity contribution in [3.63, 3.8) is 0 Å². The molecule has 3 N–H and O–H groups in total. The van der Waals surface area contributed by atoms with Gasteiger partial charge in [0, 0.05) is 35.9 Å². The standard InChI is InChI=1S/C26H26Cl2N2O7/c1-14-17-11-19(28)22(36-2)13-21(17)37-26(35)18(14)12-23(31)30-20(10-15-5-7-16(27)8-6-15)25(34)29-9-3-4-24(32)33/h5-8,11,13,20H,3-4,9-10,12H2,1-2H3,(H,29,34)(H,30,31)(H,32,33)/t20-/m1/s1. The number of nitrogens with one attached hydrogen (secondary N) is 2. The van der Waals surface area contributed by atoms with Gasteiger partial charge in [0.05, 0.1) is 24.1 Å². The average Bonchev–Trinajstić information content (AvgIpc) is 2.85. The number of hydrogen-bond acceptors (Lipinski definition) is 6. The molecule has 11 heteroatoms. The molecular formula is C26H26Cl2N2O7. The lowest BCUT2D eigenvalue weighted by molar-refractivity contribution is -0.137. The van der Waals surface area contributed by atoms with Crippen LogP contribution in [-0.4, -0.2) is 42.6 Å². The number of aryl methyl sites for hydroxylation is 1. The Hall–Kier alpha value is -3.56. The van der Waals surface area contributed by atoms with Gasteiger partial charge in [0.15, 0.2) is 0 Å². The van der Waals surface area contributed by atoms with Gasteiger partial charge in [-0.25, -0.2) is 4.79 Å². The fraction of sp³-hybridized carbons (Fsp3) is 0.308. The van der Waals surface area contributed by atoms with Crippen molar-refractivity contribution < 1.29 is 28.6 Å². The van der Waals surface area contributed by atoms with Gasteiger partial charge >= 0.3 is 11.6 Å². The molecular weight excluding hydrogens is 523 g/mol. The predicted molar refractivity (Wildman–Crippen MR) is 139 cm³/mol. The minimum Gasteiger partial charge on any atom is -0.495 e. The average molecular weight is 549 g/mol. The first-order valence-corrected chi connectivity index (χ1v) is 12.2. The smallest absolute Gasteiger partial charge is 0.340 e. The third kappa shape index (κ3) is 7.47. The fourth-order valence-electron chi connectivity index (χ4n) is 3.80. The van der Waals surface area contributed by atoms with Gasteiger partial charge in [-0.05, 0) is 42.7 Å². The van der Waals surface area contributed by atoms with Crippen LogP contribution in [0.2, 0.25) is 10.0 Å². The van der Waals surface area contributed by atoms with Crippen LogP contribution in [0.3, 0.4) is 0 Å². The van der Waals surface area contributed by atoms with E-state index in [1.165, 1.54) is 13.2 Å². The number of hydrogen-bond donors (Lipinski definition) is 3. The summed E-state index contributed by atoms with van der Waals surface area (Å²) in [5.74, 6) is -1.66. The number of halogens is 2. The Morgan fingerprint density at radius 2 is 1.84 bits per heavy atom. The number of carboxylic acids is 1. The highest BCUT2D eigenvalue weighted by Crippen LogP contribution is 2.31. The van der Waals surface area contributed by atoms with Gasteiger partial charge in [0.2, 0.25) is 11.8 Å². The summed E-state index contributed by atoms with van der Waals surface area (Å²) in [5, 5.41) is 15.5. The molecule has 3 aromatic rings. The second-order valence-electron chi connectivity index (χ2n) is 8.39. The highest BCUT2D eigenvalue weighted by Gasteiger charge is 2.23. The number of rotatable bonds is 11. The number of carbonyl (C=O) groups excluding carboxylic acids is 2. The van der Waals surface area contributed by atoms with E-state index in [4.69, 9.17) is 37.5 Å². The van der Waals surface area contributed by atoms with Crippen molar-refractivity contribution in [2.24, 2.45) is 0 Å². The molecule has 1 heterocycles. The molecule has 0 aliphatic heterocycles. The van der Waals surface area contributed by atoms with Gasteiger partial charge in [0.25, 0.3) is 0 Å². The zero-order chi connectivity index (χ0) is 27.1. The summed E-state index contributed by atoms with van der Waals surface area (Å²) >= 11 is 12.2. The van der Waals surface area contributed by atoms with Crippen molar-refractivity contribution >= 4 is 52.0 Å². The zero-order valence-electron chi connectivity index (χ0n) is 20.2. The molecule has 0 aliphatic rings. The fourth-order valence-corrected chi connectivity index (χ4v) is 4.16. The zero-order valence-corrected chi connectivity index (χ0v) is 21.7. The van der Waals surface area contributed by atoms with Crippen LogP contribution in [0.25, 0.3) is 11.0 Å². The van der Waals surface area contributed by atoms with Gasteiger partial charge < -0.3 is 24.9 Å². The van der Waals surface area contributed by atoms with Crippen LogP contribution < -0.4 is 21.0 Å². The highest BCUT2D eigenvalue weighted by atomic mass is 35.5. The maximum atomic E-state index is 13.0. The van der Waals surface area contributed by atoms with Crippen molar-refractivity contribution in [1.82, 2.24) is 10.6 Å². The quantitative estimate of drug-likeness (QED) is 0.245. The summed E-state index contributed by atoms with van der Waals surface area (Å²) in [6, 6.07) is 8.95. The van der Waals surface area contributed by atoms with E-state index in [9.17, 15) is 19.2 Å². The Kier molecular flexibility index (Phi) is 9.54. The molecule has 1 aromatic heterocycles. The van der Waals surface area contributed by atoms with E-state index in [0.717, 1.165) is 5.56 Å². The van der Waals surface area contributed by atoms with E-state index in [-0.39, 0.29) is 43.4 Å². The first-order valence-electron chi connectivity index (χ1n) is 11.4. The van der Waals surface area contributed by atoms with Crippen LogP contribution in [0.5, 0.6) is 5.75 Å². The molecule has 0 aliphatic carbocycles. The lowest BCUT2D eigenvalue weighted by atomic mass is 10.0. The van der Waals surface area contributed by atoms with Gasteiger partial charge in [-0.1, -0.05) is 35.3 Å². The molecule has 0 bridgehead atoms. The van der Waals surface area contributed by atoms with Crippen molar-refractivity contribution in [1.29, 1.82) is 0 Å². The molecule has 196 valence electrons. The maximum absolute atomic E-state index is 13.0. The molecule has 37 heavy (non-hydrogen) atoms. The largest absolute Gasteiger partial charge is 0.495 e. The number of amides is 2. The van der Waals surface area contributed by atoms with Gasteiger partial charge in [-0.2, -0.15) is 0 Å². The molecule has 9 nitrogen and oxygen atoms in total. The minimum absolute atomic E-state index is 0.0958. The molecule has 2 aromatic carbocycles. The topological polar surface area (TPSA) is 135 Å². The molecule has 3 rings (SSSR count). The van der Waals surface area contributed by atoms with Crippen molar-refractivity contribution in [2.45, 2.75) is 38.6 Å². The normalized spacial score (nSPS) is 11.7. The van der Waals surface area contributed by atoms with E-state index in [1.807, 2.05) is 0 Å². The third-order valence-electron chi connectivity index (χ3n) is 5.77. The Bertz CT molecular complexity index is 1370. The molecule has 0 unspecified atom stereocenters. The lowest BCUT2D eigenvalue weighted by Crippen LogP contribution is -2.49. The summed E-state index contributed by atoms with van der Waals surface area (Å²) in [6.07, 6.45) is -0.0136. The first kappa shape index (κ1) is 28.0. The molecule has 0 radical (unpaired) electrons. The number of aliphatic carboxylic acids is 1. The number of fused-ring (bicyclic) bond motifs is 1. The van der Waals surface area contributed by atoms with Gasteiger partial charge in [-0.3, -0.25) is 14.4 Å². The Balaban J connectivity index is 1.80. The van der Waals surface area contributed by atoms with Crippen molar-refractivity contribution in [3.8, 4) is 5.75 Å². The predicted octanol–water partition coefficient (Wildman–Crippen LogP) is 3.67. The molecule has 0 fully saturated rings. The van der Waals surface area contributed by atoms with Crippen molar-refractivity contribution in [2.75, 3.05) is 13.7 Å². The summed E-state index contributed by atoms with van der Waals surface area (Å²) in [5.41, 5.74) is 1.00. The molecule has 1 atom stereocenters. The van der Waals surface area contributed by atoms with Crippen molar-refractivity contribution in [3.05, 3.63) is 73.6 Å². The SMILES string of the molecule is COc1cc2oc(=O)c(CC(=O)N[C@H](Cc3ccc(Cl)cc3)C(=O)NCCCC(=O)O)c(C)c2cc1Cl. The first-order chi connectivity index (χ1) is 17.6. The van der Waals surface area contributed by atoms with E-state index in [1.54, 1.807) is 37.3 Å². The van der Waals surface area contributed by atoms with Gasteiger partial charge in [0.1, 0.15) is 17.4 Å². The van der Waals surface area contributed by atoms with Crippen LogP contribution in [-0.2, 0) is 27.2 Å². The van der Waals surface area contributed by atoms with E-state index >= 15 is 0 Å². The summed E-state index contributed by atoms with van der Waals surface area (Å²) in [6.45, 7) is 1.82. The van der Waals surface area contributed by atoms with E-state index < -0.39 is 29.5 Å². The summed E-state index contributed by atoms with van der Waals surface area (Å²) in [4.78, 5) is 49.2. The Labute approximate surface area is 222 Å². The third-order valence-corrected chi connectivity index (χ3v) is 6.32. The highest BCUT2D eigenvalue weighted by molar-refractivity contribution is 6.32. The van der Waals surface area contributed by atoms with Crippen LogP contribution in [0, 0.1) is 6.92 Å². The second kappa shape index (κ2) is 12.6. The van der Waals surface area contributed by atoms with Crippen LogP contribution in [0.4, 0.5) is 0 Å². The number of carboxylic acid groups (broad SMARTS) is 1. The second-order valence-corrected chi connectivity index (χ2v) is 9.24. The van der Waals surface area contributed by atoms with Crippen LogP contribution in [0.15, 0.2) is 45.6 Å². The molecule has 0 saturated heterocycles. The van der Waals surface area contributed by atoms with E-state index in [0.29, 0.717) is 26.7 Å². The number of methoxy groups -OCH3 is 1. The monoisotopic (exact) mass is 548 g/mol. The lowest BCUT2D eigenvalue weighted by Gasteiger charge is -2.19. The number of benzene rings is 2. The number of ether oxygens (including phenoxy) is 1. The molecule has 0 spiro atoms. The Morgan fingerprint density at radius 3 is 2.49 bits per heavy atom. The maximum Gasteiger partial charge on any atom is 0.340 e. The molecule has 2 amide bonds. The van der Waals surface area contributed by atoms with Gasteiger partial charge in [-0.15, -0.1) is 0 Å².